The largest absolute Gasteiger partial charge is 0.419 e. The number of hydrogen-bond acceptors (Lipinski definition) is 2. The Labute approximate surface area is 142 Å². The predicted molar refractivity (Wildman–Crippen MR) is 89.4 cm³/mol. The maximum atomic E-state index is 13.9. The van der Waals surface area contributed by atoms with Crippen LogP contribution in [-0.2, 0) is 6.18 Å². The molecule has 0 aliphatic carbocycles. The van der Waals surface area contributed by atoms with E-state index in [1.54, 1.807) is 0 Å². The summed E-state index contributed by atoms with van der Waals surface area (Å²) in [4.78, 5) is 2.22. The molecule has 0 saturated carbocycles. The Morgan fingerprint density at radius 3 is 2.29 bits per heavy atom. The summed E-state index contributed by atoms with van der Waals surface area (Å²) in [6.07, 6.45) is -4.65. The third-order valence-corrected chi connectivity index (χ3v) is 4.07. The lowest BCUT2D eigenvalue weighted by Crippen LogP contribution is -2.51. The highest BCUT2D eigenvalue weighted by Gasteiger charge is 2.35. The van der Waals surface area contributed by atoms with Crippen LogP contribution in [0.2, 0.25) is 0 Å². The number of benzene rings is 1. The number of hydrogen-bond donors (Lipinski definition) is 1. The minimum Gasteiger partial charge on any atom is -0.312 e. The van der Waals surface area contributed by atoms with Crippen molar-refractivity contribution < 1.29 is 17.6 Å². The molecule has 0 aromatic heterocycles. The summed E-state index contributed by atoms with van der Waals surface area (Å²) in [6.45, 7) is 12.5. The molecule has 1 aromatic rings. The summed E-state index contributed by atoms with van der Waals surface area (Å²) in [7, 11) is 0. The van der Waals surface area contributed by atoms with Gasteiger partial charge in [0.15, 0.2) is 0 Å². The Morgan fingerprint density at radius 1 is 1.21 bits per heavy atom. The van der Waals surface area contributed by atoms with Crippen LogP contribution in [0.5, 0.6) is 0 Å². The molecule has 1 N–H and O–H groups in total. The molecule has 1 saturated heterocycles. The molecular weight excluding hydrogens is 320 g/mol. The van der Waals surface area contributed by atoms with Crippen molar-refractivity contribution >= 4 is 0 Å². The van der Waals surface area contributed by atoms with Crippen molar-refractivity contribution in [1.82, 2.24) is 10.2 Å². The second-order valence-electron chi connectivity index (χ2n) is 6.28. The zero-order valence-electron chi connectivity index (χ0n) is 15.0. The van der Waals surface area contributed by atoms with Gasteiger partial charge in [0.25, 0.3) is 0 Å². The van der Waals surface area contributed by atoms with E-state index in [1.165, 1.54) is 6.07 Å². The predicted octanol–water partition coefficient (Wildman–Crippen LogP) is 4.86. The highest BCUT2D eigenvalue weighted by atomic mass is 19.4. The molecule has 1 aliphatic rings. The summed E-state index contributed by atoms with van der Waals surface area (Å²) in [5.41, 5.74) is -0.595. The fourth-order valence-electron chi connectivity index (χ4n) is 3.18. The molecule has 1 fully saturated rings. The maximum absolute atomic E-state index is 13.9. The van der Waals surface area contributed by atoms with Crippen LogP contribution >= 0.6 is 0 Å². The SMILES string of the molecule is CC.CC1CN(C(c2ccc(C(F)(F)F)c(F)c2)C(C)C)CCN1. The van der Waals surface area contributed by atoms with Crippen LogP contribution in [0.1, 0.15) is 51.8 Å². The number of alkyl halides is 3. The molecule has 2 atom stereocenters. The van der Waals surface area contributed by atoms with Crippen molar-refractivity contribution in [2.75, 3.05) is 19.6 Å². The average Bonchev–Trinajstić information content (AvgIpc) is 2.48. The summed E-state index contributed by atoms with van der Waals surface area (Å²) in [5.74, 6) is -1.01. The van der Waals surface area contributed by atoms with Gasteiger partial charge in [-0.25, -0.2) is 4.39 Å². The molecule has 1 aliphatic heterocycles. The Hall–Kier alpha value is -1.14. The van der Waals surface area contributed by atoms with Gasteiger partial charge in [0.05, 0.1) is 5.56 Å². The van der Waals surface area contributed by atoms with E-state index < -0.39 is 17.6 Å². The number of halogens is 4. The van der Waals surface area contributed by atoms with Gasteiger partial charge in [-0.15, -0.1) is 0 Å². The zero-order valence-corrected chi connectivity index (χ0v) is 15.0. The number of nitrogens with zero attached hydrogens (tertiary/aromatic N) is 1. The van der Waals surface area contributed by atoms with E-state index in [4.69, 9.17) is 0 Å². The van der Waals surface area contributed by atoms with Gasteiger partial charge in [0.2, 0.25) is 0 Å². The zero-order chi connectivity index (χ0) is 18.5. The summed E-state index contributed by atoms with van der Waals surface area (Å²) in [6, 6.07) is 3.53. The van der Waals surface area contributed by atoms with Crippen LogP contribution in [0, 0.1) is 11.7 Å². The quantitative estimate of drug-likeness (QED) is 0.785. The standard InChI is InChI=1S/C16H22F4N2.C2H6/c1-10(2)15(22-7-6-21-11(3)9-22)12-4-5-13(14(17)8-12)16(18,19)20;1-2/h4-5,8,10-11,15,21H,6-7,9H2,1-3H3;1-2H3. The summed E-state index contributed by atoms with van der Waals surface area (Å²) >= 11 is 0. The van der Waals surface area contributed by atoms with Gasteiger partial charge in [0, 0.05) is 31.7 Å². The van der Waals surface area contributed by atoms with Gasteiger partial charge in [-0.05, 0) is 30.5 Å². The van der Waals surface area contributed by atoms with E-state index in [9.17, 15) is 17.6 Å². The lowest BCUT2D eigenvalue weighted by atomic mass is 9.92. The number of piperazine rings is 1. The van der Waals surface area contributed by atoms with Crippen molar-refractivity contribution in [3.05, 3.63) is 35.1 Å². The molecule has 2 rings (SSSR count). The third-order valence-electron chi connectivity index (χ3n) is 4.07. The molecule has 6 heteroatoms. The molecule has 0 spiro atoms. The summed E-state index contributed by atoms with van der Waals surface area (Å²) in [5, 5.41) is 3.33. The van der Waals surface area contributed by atoms with Gasteiger partial charge in [-0.3, -0.25) is 4.90 Å². The van der Waals surface area contributed by atoms with E-state index >= 15 is 0 Å². The van der Waals surface area contributed by atoms with Crippen molar-refractivity contribution in [3.63, 3.8) is 0 Å². The van der Waals surface area contributed by atoms with Gasteiger partial charge in [-0.1, -0.05) is 33.8 Å². The molecule has 1 aromatic carbocycles. The van der Waals surface area contributed by atoms with E-state index in [0.29, 0.717) is 11.6 Å². The van der Waals surface area contributed by atoms with Crippen LogP contribution in [0.4, 0.5) is 17.6 Å². The Bertz CT molecular complexity index is 514. The van der Waals surface area contributed by atoms with Crippen LogP contribution in [0.3, 0.4) is 0 Å². The minimum absolute atomic E-state index is 0.0821. The number of rotatable bonds is 3. The molecule has 2 nitrogen and oxygen atoms in total. The first-order valence-corrected chi connectivity index (χ1v) is 8.54. The van der Waals surface area contributed by atoms with E-state index in [1.807, 2.05) is 27.7 Å². The van der Waals surface area contributed by atoms with Gasteiger partial charge in [-0.2, -0.15) is 13.2 Å². The molecule has 1 heterocycles. The lowest BCUT2D eigenvalue weighted by Gasteiger charge is -2.40. The second kappa shape index (κ2) is 8.81. The van der Waals surface area contributed by atoms with E-state index in [-0.39, 0.29) is 12.0 Å². The molecule has 24 heavy (non-hydrogen) atoms. The minimum atomic E-state index is -4.65. The van der Waals surface area contributed by atoms with Crippen LogP contribution in [0.15, 0.2) is 18.2 Å². The van der Waals surface area contributed by atoms with Crippen molar-refractivity contribution in [1.29, 1.82) is 0 Å². The number of nitrogens with one attached hydrogen (secondary N) is 1. The van der Waals surface area contributed by atoms with Crippen molar-refractivity contribution in [2.45, 2.75) is 52.9 Å². The molecule has 2 unspecified atom stereocenters. The Kier molecular flexibility index (Phi) is 7.67. The van der Waals surface area contributed by atoms with Gasteiger partial charge < -0.3 is 5.32 Å². The highest BCUT2D eigenvalue weighted by Crippen LogP contribution is 2.35. The van der Waals surface area contributed by atoms with E-state index in [2.05, 4.69) is 17.1 Å². The first kappa shape index (κ1) is 20.9. The Balaban J connectivity index is 0.00000139. The van der Waals surface area contributed by atoms with Crippen LogP contribution < -0.4 is 5.32 Å². The molecule has 0 bridgehead atoms. The molecular formula is C18H28F4N2. The van der Waals surface area contributed by atoms with Gasteiger partial charge in [0.1, 0.15) is 5.82 Å². The molecule has 0 amide bonds. The van der Waals surface area contributed by atoms with Crippen LogP contribution in [-0.4, -0.2) is 30.6 Å². The Morgan fingerprint density at radius 2 is 1.83 bits per heavy atom. The second-order valence-corrected chi connectivity index (χ2v) is 6.28. The first-order valence-electron chi connectivity index (χ1n) is 8.54. The maximum Gasteiger partial charge on any atom is 0.419 e. The monoisotopic (exact) mass is 348 g/mol. The van der Waals surface area contributed by atoms with Gasteiger partial charge >= 0.3 is 6.18 Å². The fourth-order valence-corrected chi connectivity index (χ4v) is 3.18. The van der Waals surface area contributed by atoms with Crippen LogP contribution in [0.25, 0.3) is 0 Å². The third kappa shape index (κ3) is 5.18. The lowest BCUT2D eigenvalue weighted by molar-refractivity contribution is -0.140. The highest BCUT2D eigenvalue weighted by molar-refractivity contribution is 5.29. The van der Waals surface area contributed by atoms with Crippen molar-refractivity contribution in [2.24, 2.45) is 5.92 Å². The molecule has 0 radical (unpaired) electrons. The summed E-state index contributed by atoms with van der Waals surface area (Å²) < 4.78 is 51.9. The van der Waals surface area contributed by atoms with Crippen molar-refractivity contribution in [3.8, 4) is 0 Å². The molecule has 138 valence electrons. The average molecular weight is 348 g/mol. The topological polar surface area (TPSA) is 15.3 Å². The van der Waals surface area contributed by atoms with E-state index in [0.717, 1.165) is 31.8 Å². The first-order chi connectivity index (χ1) is 11.2. The smallest absolute Gasteiger partial charge is 0.312 e. The normalized spacial score (nSPS) is 20.5. The fraction of sp³-hybridized carbons (Fsp3) is 0.667.